The third-order valence-electron chi connectivity index (χ3n) is 4.15. The van der Waals surface area contributed by atoms with Gasteiger partial charge in [0, 0.05) is 10.9 Å². The molecule has 0 radical (unpaired) electrons. The summed E-state index contributed by atoms with van der Waals surface area (Å²) in [6, 6.07) is 10.6. The number of ether oxygens (including phenoxy) is 1. The van der Waals surface area contributed by atoms with Crippen LogP contribution in [0.25, 0.3) is 0 Å². The molecule has 1 aromatic heterocycles. The summed E-state index contributed by atoms with van der Waals surface area (Å²) >= 11 is 1.56. The predicted molar refractivity (Wildman–Crippen MR) is 94.2 cm³/mol. The molecule has 1 fully saturated rings. The molecule has 3 rings (SSSR count). The van der Waals surface area contributed by atoms with Gasteiger partial charge in [0.15, 0.2) is 9.84 Å². The van der Waals surface area contributed by atoms with Gasteiger partial charge in [-0.1, -0.05) is 18.2 Å². The number of carbonyl (C=O) groups excluding carboxylic acids is 1. The average molecular weight is 365 g/mol. The summed E-state index contributed by atoms with van der Waals surface area (Å²) < 4.78 is 29.0. The molecular formula is C17H19NO4S2. The van der Waals surface area contributed by atoms with Crippen molar-refractivity contribution in [1.29, 1.82) is 0 Å². The molecule has 1 atom stereocenters. The first kappa shape index (κ1) is 17.0. The van der Waals surface area contributed by atoms with Crippen molar-refractivity contribution in [3.63, 3.8) is 0 Å². The number of hydrogen-bond acceptors (Lipinski definition) is 5. The van der Waals surface area contributed by atoms with Crippen LogP contribution in [0.2, 0.25) is 0 Å². The fourth-order valence-corrected chi connectivity index (χ4v) is 5.37. The highest BCUT2D eigenvalue weighted by Gasteiger charge is 2.35. The van der Waals surface area contributed by atoms with Crippen LogP contribution in [0.15, 0.2) is 41.8 Å². The highest BCUT2D eigenvalue weighted by Crippen LogP contribution is 2.26. The van der Waals surface area contributed by atoms with E-state index in [2.05, 4.69) is 0 Å². The van der Waals surface area contributed by atoms with Crippen LogP contribution < -0.4 is 4.74 Å². The third kappa shape index (κ3) is 3.62. The van der Waals surface area contributed by atoms with Crippen LogP contribution in [0.4, 0.5) is 0 Å². The number of amides is 1. The third-order valence-corrected chi connectivity index (χ3v) is 6.77. The molecule has 5 nitrogen and oxygen atoms in total. The zero-order chi connectivity index (χ0) is 17.2. The van der Waals surface area contributed by atoms with Crippen molar-refractivity contribution >= 4 is 27.1 Å². The van der Waals surface area contributed by atoms with E-state index in [1.165, 1.54) is 7.11 Å². The Balaban J connectivity index is 1.93. The largest absolute Gasteiger partial charge is 0.496 e. The predicted octanol–water partition coefficient (Wildman–Crippen LogP) is 2.59. The van der Waals surface area contributed by atoms with E-state index in [1.54, 1.807) is 40.5 Å². The lowest BCUT2D eigenvalue weighted by Gasteiger charge is -2.28. The Labute approximate surface area is 145 Å². The molecule has 1 amide bonds. The molecule has 0 spiro atoms. The van der Waals surface area contributed by atoms with E-state index in [1.807, 2.05) is 17.5 Å². The molecule has 1 saturated heterocycles. The van der Waals surface area contributed by atoms with Gasteiger partial charge in [-0.15, -0.1) is 11.3 Å². The van der Waals surface area contributed by atoms with Gasteiger partial charge in [-0.05, 0) is 30.0 Å². The van der Waals surface area contributed by atoms with Gasteiger partial charge >= 0.3 is 0 Å². The van der Waals surface area contributed by atoms with Gasteiger partial charge in [-0.2, -0.15) is 0 Å². The van der Waals surface area contributed by atoms with E-state index < -0.39 is 9.84 Å². The number of thiophene rings is 1. The lowest BCUT2D eigenvalue weighted by Crippen LogP contribution is -2.40. The Morgan fingerprint density at radius 2 is 2.08 bits per heavy atom. The van der Waals surface area contributed by atoms with Crippen LogP contribution in [-0.4, -0.2) is 43.9 Å². The van der Waals surface area contributed by atoms with E-state index in [0.717, 1.165) is 4.88 Å². The smallest absolute Gasteiger partial charge is 0.258 e. The van der Waals surface area contributed by atoms with Gasteiger partial charge in [0.2, 0.25) is 0 Å². The minimum Gasteiger partial charge on any atom is -0.496 e. The van der Waals surface area contributed by atoms with Crippen LogP contribution in [0, 0.1) is 0 Å². The molecule has 0 aliphatic carbocycles. The van der Waals surface area contributed by atoms with Gasteiger partial charge < -0.3 is 9.64 Å². The Hall–Kier alpha value is -1.86. The molecule has 0 saturated carbocycles. The van der Waals surface area contributed by atoms with E-state index >= 15 is 0 Å². The molecule has 1 aliphatic heterocycles. The molecule has 2 aromatic rings. The Kier molecular flexibility index (Phi) is 4.91. The first-order valence-corrected chi connectivity index (χ1v) is 10.4. The normalized spacial score (nSPS) is 19.1. The summed E-state index contributed by atoms with van der Waals surface area (Å²) in [6.07, 6.45) is 0.481. The van der Waals surface area contributed by atoms with E-state index in [4.69, 9.17) is 4.74 Å². The number of para-hydroxylation sites is 1. The summed E-state index contributed by atoms with van der Waals surface area (Å²) in [5.74, 6) is 0.472. The summed E-state index contributed by atoms with van der Waals surface area (Å²) in [4.78, 5) is 15.8. The number of nitrogens with zero attached hydrogens (tertiary/aromatic N) is 1. The van der Waals surface area contributed by atoms with Gasteiger partial charge in [0.05, 0.1) is 30.7 Å². The number of rotatable bonds is 5. The summed E-state index contributed by atoms with van der Waals surface area (Å²) in [6.45, 7) is 0.411. The maximum Gasteiger partial charge on any atom is 0.258 e. The highest BCUT2D eigenvalue weighted by atomic mass is 32.2. The average Bonchev–Trinajstić information content (AvgIpc) is 3.21. The number of carbonyl (C=O) groups is 1. The van der Waals surface area contributed by atoms with Gasteiger partial charge in [0.25, 0.3) is 5.91 Å². The summed E-state index contributed by atoms with van der Waals surface area (Å²) in [7, 11) is -1.55. The van der Waals surface area contributed by atoms with Crippen LogP contribution in [0.3, 0.4) is 0 Å². The van der Waals surface area contributed by atoms with Crippen molar-refractivity contribution in [1.82, 2.24) is 4.90 Å². The van der Waals surface area contributed by atoms with Gasteiger partial charge in [0.1, 0.15) is 5.75 Å². The van der Waals surface area contributed by atoms with Crippen LogP contribution in [0.1, 0.15) is 21.7 Å². The van der Waals surface area contributed by atoms with Crippen molar-refractivity contribution in [2.24, 2.45) is 0 Å². The van der Waals surface area contributed by atoms with Crippen LogP contribution >= 0.6 is 11.3 Å². The van der Waals surface area contributed by atoms with E-state index in [-0.39, 0.29) is 23.5 Å². The fraction of sp³-hybridized carbons (Fsp3) is 0.353. The Bertz CT molecular complexity index is 815. The number of benzene rings is 1. The van der Waals surface area contributed by atoms with Crippen LogP contribution in [0.5, 0.6) is 5.75 Å². The Morgan fingerprint density at radius 1 is 1.29 bits per heavy atom. The van der Waals surface area contributed by atoms with Crippen molar-refractivity contribution in [2.75, 3.05) is 18.6 Å². The van der Waals surface area contributed by atoms with Crippen LogP contribution in [-0.2, 0) is 16.4 Å². The molecule has 1 aromatic carbocycles. The molecule has 1 aliphatic rings. The first-order valence-electron chi connectivity index (χ1n) is 7.67. The maximum absolute atomic E-state index is 13.1. The molecule has 128 valence electrons. The lowest BCUT2D eigenvalue weighted by molar-refractivity contribution is 0.0679. The second-order valence-corrected chi connectivity index (χ2v) is 9.03. The number of sulfone groups is 1. The second-order valence-electron chi connectivity index (χ2n) is 5.77. The first-order chi connectivity index (χ1) is 11.5. The van der Waals surface area contributed by atoms with Crippen molar-refractivity contribution in [2.45, 2.75) is 19.0 Å². The molecule has 0 bridgehead atoms. The zero-order valence-electron chi connectivity index (χ0n) is 13.3. The molecule has 24 heavy (non-hydrogen) atoms. The fourth-order valence-electron chi connectivity index (χ4n) is 2.93. The quantitative estimate of drug-likeness (QED) is 0.817. The SMILES string of the molecule is COc1ccccc1C(=O)N(Cc1cccs1)[C@H]1CCS(=O)(=O)C1. The summed E-state index contributed by atoms with van der Waals surface area (Å²) in [5.41, 5.74) is 0.459. The molecule has 7 heteroatoms. The zero-order valence-corrected chi connectivity index (χ0v) is 15.0. The monoisotopic (exact) mass is 365 g/mol. The number of hydrogen-bond donors (Lipinski definition) is 0. The Morgan fingerprint density at radius 3 is 2.71 bits per heavy atom. The summed E-state index contributed by atoms with van der Waals surface area (Å²) in [5, 5.41) is 1.95. The minimum absolute atomic E-state index is 0.0270. The molecule has 0 unspecified atom stereocenters. The van der Waals surface area contributed by atoms with Gasteiger partial charge in [-0.3, -0.25) is 4.79 Å². The topological polar surface area (TPSA) is 63.7 Å². The molecule has 0 N–H and O–H groups in total. The molecule has 2 heterocycles. The molecular weight excluding hydrogens is 346 g/mol. The second kappa shape index (κ2) is 6.94. The van der Waals surface area contributed by atoms with E-state index in [9.17, 15) is 13.2 Å². The van der Waals surface area contributed by atoms with Crippen molar-refractivity contribution in [3.05, 3.63) is 52.2 Å². The van der Waals surface area contributed by atoms with Crippen molar-refractivity contribution < 1.29 is 17.9 Å². The van der Waals surface area contributed by atoms with E-state index in [0.29, 0.717) is 24.3 Å². The minimum atomic E-state index is -3.07. The maximum atomic E-state index is 13.1. The number of methoxy groups -OCH3 is 1. The standard InChI is InChI=1S/C17H19NO4S2/c1-22-16-7-3-2-6-15(16)17(19)18(11-14-5-4-9-23-14)13-8-10-24(20,21)12-13/h2-7,9,13H,8,10-12H2,1H3/t13-/m0/s1. The van der Waals surface area contributed by atoms with Gasteiger partial charge in [-0.25, -0.2) is 8.42 Å². The highest BCUT2D eigenvalue weighted by molar-refractivity contribution is 7.91. The lowest BCUT2D eigenvalue weighted by atomic mass is 10.1. The van der Waals surface area contributed by atoms with Crippen molar-refractivity contribution in [3.8, 4) is 5.75 Å².